The summed E-state index contributed by atoms with van der Waals surface area (Å²) in [6.07, 6.45) is -0.524. The number of hydrogen-bond acceptors (Lipinski definition) is 5. The first-order valence-corrected chi connectivity index (χ1v) is 8.80. The van der Waals surface area contributed by atoms with Crippen LogP contribution in [-0.4, -0.2) is 39.4 Å². The smallest absolute Gasteiger partial charge is 0.387 e. The summed E-state index contributed by atoms with van der Waals surface area (Å²) in [5.74, 6) is -1.82. The second-order valence-electron chi connectivity index (χ2n) is 6.33. The molecule has 1 heterocycles. The molecule has 0 radical (unpaired) electrons. The average Bonchev–Trinajstić information content (AvgIpc) is 3.11. The topological polar surface area (TPSA) is 99.4 Å². The molecule has 0 bridgehead atoms. The Bertz CT molecular complexity index is 948. The van der Waals surface area contributed by atoms with Gasteiger partial charge in [0.05, 0.1) is 18.2 Å². The Morgan fingerprint density at radius 3 is 2.52 bits per heavy atom. The van der Waals surface area contributed by atoms with E-state index in [4.69, 9.17) is 5.11 Å². The number of carbonyl (C=O) groups is 2. The van der Waals surface area contributed by atoms with Crippen LogP contribution in [0.1, 0.15) is 36.4 Å². The Hall–Kier alpha value is -3.49. The van der Waals surface area contributed by atoms with Crippen molar-refractivity contribution in [2.75, 3.05) is 0 Å². The SMILES string of the molecule is O=C(O)CCC(=O)N1N=C(c2ccccc2OC(F)F)C[C@H]1c1ccccc1O. The molecule has 0 aliphatic carbocycles. The largest absolute Gasteiger partial charge is 0.508 e. The van der Waals surface area contributed by atoms with Crippen LogP contribution in [0.3, 0.4) is 0 Å². The molecule has 0 spiro atoms. The van der Waals surface area contributed by atoms with Gasteiger partial charge in [-0.25, -0.2) is 5.01 Å². The van der Waals surface area contributed by atoms with E-state index in [2.05, 4.69) is 9.84 Å². The number of halogens is 2. The summed E-state index contributed by atoms with van der Waals surface area (Å²) in [7, 11) is 0. The van der Waals surface area contributed by atoms with Gasteiger partial charge in [0.2, 0.25) is 5.91 Å². The number of ether oxygens (including phenoxy) is 1. The Kier molecular flexibility index (Phi) is 6.06. The number of rotatable bonds is 7. The fourth-order valence-corrected chi connectivity index (χ4v) is 3.15. The monoisotopic (exact) mass is 404 g/mol. The molecule has 0 saturated carbocycles. The summed E-state index contributed by atoms with van der Waals surface area (Å²) < 4.78 is 30.0. The number of carbonyl (C=O) groups excluding carboxylic acids is 1. The molecular formula is C20H18F2N2O5. The number of aliphatic carboxylic acids is 1. The van der Waals surface area contributed by atoms with Crippen LogP contribution in [0.25, 0.3) is 0 Å². The molecule has 2 aromatic rings. The first-order chi connectivity index (χ1) is 13.9. The summed E-state index contributed by atoms with van der Waals surface area (Å²) in [6, 6.07) is 11.8. The third kappa shape index (κ3) is 4.68. The molecule has 1 aliphatic heterocycles. The fraction of sp³-hybridized carbons (Fsp3) is 0.250. The number of hydrazone groups is 1. The van der Waals surface area contributed by atoms with Gasteiger partial charge in [0.1, 0.15) is 11.5 Å². The number of alkyl halides is 2. The van der Waals surface area contributed by atoms with Crippen LogP contribution in [0.5, 0.6) is 11.5 Å². The van der Waals surface area contributed by atoms with E-state index < -0.39 is 24.5 Å². The van der Waals surface area contributed by atoms with E-state index in [9.17, 15) is 23.5 Å². The van der Waals surface area contributed by atoms with Crippen molar-refractivity contribution in [3.8, 4) is 11.5 Å². The summed E-state index contributed by atoms with van der Waals surface area (Å²) >= 11 is 0. The van der Waals surface area contributed by atoms with Crippen LogP contribution in [0.4, 0.5) is 8.78 Å². The minimum absolute atomic E-state index is 0.0536. The molecule has 1 atom stereocenters. The van der Waals surface area contributed by atoms with Gasteiger partial charge < -0.3 is 14.9 Å². The van der Waals surface area contributed by atoms with Crippen LogP contribution < -0.4 is 4.74 Å². The van der Waals surface area contributed by atoms with Crippen molar-refractivity contribution in [3.63, 3.8) is 0 Å². The summed E-state index contributed by atoms with van der Waals surface area (Å²) in [5.41, 5.74) is 1.03. The van der Waals surface area contributed by atoms with Crippen LogP contribution in [0.15, 0.2) is 53.6 Å². The van der Waals surface area contributed by atoms with Crippen molar-refractivity contribution in [2.24, 2.45) is 5.10 Å². The van der Waals surface area contributed by atoms with Gasteiger partial charge in [0.25, 0.3) is 0 Å². The van der Waals surface area contributed by atoms with Crippen LogP contribution in [0, 0.1) is 0 Å². The molecule has 7 nitrogen and oxygen atoms in total. The van der Waals surface area contributed by atoms with Gasteiger partial charge in [-0.3, -0.25) is 9.59 Å². The minimum atomic E-state index is -3.03. The van der Waals surface area contributed by atoms with E-state index in [1.54, 1.807) is 30.3 Å². The number of phenolic OH excluding ortho intramolecular Hbond substituents is 1. The first-order valence-electron chi connectivity index (χ1n) is 8.80. The third-order valence-electron chi connectivity index (χ3n) is 4.43. The summed E-state index contributed by atoms with van der Waals surface area (Å²) in [6.45, 7) is -3.03. The molecule has 152 valence electrons. The molecule has 3 rings (SSSR count). The fourth-order valence-electron chi connectivity index (χ4n) is 3.15. The van der Waals surface area contributed by atoms with Crippen LogP contribution >= 0.6 is 0 Å². The third-order valence-corrected chi connectivity index (χ3v) is 4.43. The predicted molar refractivity (Wildman–Crippen MR) is 98.8 cm³/mol. The highest BCUT2D eigenvalue weighted by Crippen LogP contribution is 2.38. The second kappa shape index (κ2) is 8.68. The van der Waals surface area contributed by atoms with Crippen LogP contribution in [-0.2, 0) is 9.59 Å². The normalized spacial score (nSPS) is 16.0. The molecule has 1 amide bonds. The van der Waals surface area contributed by atoms with Crippen LogP contribution in [0.2, 0.25) is 0 Å². The average molecular weight is 404 g/mol. The summed E-state index contributed by atoms with van der Waals surface area (Å²) in [5, 5.41) is 24.4. The molecule has 2 N–H and O–H groups in total. The number of carboxylic acid groups (broad SMARTS) is 1. The van der Waals surface area contributed by atoms with E-state index >= 15 is 0 Å². The van der Waals surface area contributed by atoms with Gasteiger partial charge in [-0.1, -0.05) is 30.3 Å². The minimum Gasteiger partial charge on any atom is -0.508 e. The highest BCUT2D eigenvalue weighted by Gasteiger charge is 2.35. The van der Waals surface area contributed by atoms with Crippen molar-refractivity contribution >= 4 is 17.6 Å². The lowest BCUT2D eigenvalue weighted by molar-refractivity contribution is -0.141. The molecule has 29 heavy (non-hydrogen) atoms. The van der Waals surface area contributed by atoms with Crippen molar-refractivity contribution in [1.29, 1.82) is 0 Å². The lowest BCUT2D eigenvalue weighted by Crippen LogP contribution is -2.27. The Morgan fingerprint density at radius 2 is 1.83 bits per heavy atom. The van der Waals surface area contributed by atoms with Gasteiger partial charge in [0, 0.05) is 24.0 Å². The summed E-state index contributed by atoms with van der Waals surface area (Å²) in [4.78, 5) is 23.4. The predicted octanol–water partition coefficient (Wildman–Crippen LogP) is 3.54. The van der Waals surface area contributed by atoms with Gasteiger partial charge in [-0.2, -0.15) is 13.9 Å². The standard InChI is InChI=1S/C20H18F2N2O5/c21-20(22)29-17-8-4-2-5-12(17)14-11-15(13-6-1-3-7-16(13)25)24(23-14)18(26)9-10-19(27)28/h1-8,15,20,25H,9-11H2,(H,27,28)/t15-/m0/s1. The van der Waals surface area contributed by atoms with Gasteiger partial charge in [-0.05, 0) is 18.2 Å². The van der Waals surface area contributed by atoms with Crippen molar-refractivity contribution in [3.05, 3.63) is 59.7 Å². The Balaban J connectivity index is 1.97. The number of nitrogens with zero attached hydrogens (tertiary/aromatic N) is 2. The molecule has 1 aliphatic rings. The Labute approximate surface area is 164 Å². The van der Waals surface area contributed by atoms with Crippen molar-refractivity contribution in [1.82, 2.24) is 5.01 Å². The maximum absolute atomic E-state index is 12.7. The number of para-hydroxylation sites is 2. The molecule has 2 aromatic carbocycles. The van der Waals surface area contributed by atoms with Gasteiger partial charge in [0.15, 0.2) is 0 Å². The quantitative estimate of drug-likeness (QED) is 0.735. The van der Waals surface area contributed by atoms with Crippen molar-refractivity contribution < 1.29 is 33.3 Å². The zero-order chi connectivity index (χ0) is 21.0. The van der Waals surface area contributed by atoms with E-state index in [1.807, 2.05) is 0 Å². The molecular weight excluding hydrogens is 386 g/mol. The number of hydrogen-bond donors (Lipinski definition) is 2. The van der Waals surface area contributed by atoms with Gasteiger partial charge >= 0.3 is 12.6 Å². The maximum Gasteiger partial charge on any atom is 0.387 e. The number of aromatic hydroxyl groups is 1. The van der Waals surface area contributed by atoms with Crippen molar-refractivity contribution in [2.45, 2.75) is 31.9 Å². The zero-order valence-electron chi connectivity index (χ0n) is 15.2. The highest BCUT2D eigenvalue weighted by molar-refractivity contribution is 6.05. The number of phenols is 1. The molecule has 0 fully saturated rings. The molecule has 9 heteroatoms. The lowest BCUT2D eigenvalue weighted by Gasteiger charge is -2.22. The van der Waals surface area contributed by atoms with E-state index in [-0.39, 0.29) is 30.8 Å². The first kappa shape index (κ1) is 20.2. The lowest BCUT2D eigenvalue weighted by atomic mass is 9.97. The van der Waals surface area contributed by atoms with Gasteiger partial charge in [-0.15, -0.1) is 0 Å². The molecule has 0 aromatic heterocycles. The highest BCUT2D eigenvalue weighted by atomic mass is 19.3. The van der Waals surface area contributed by atoms with E-state index in [0.717, 1.165) is 5.01 Å². The number of carboxylic acids is 1. The Morgan fingerprint density at radius 1 is 1.14 bits per heavy atom. The number of benzene rings is 2. The maximum atomic E-state index is 12.7. The second-order valence-corrected chi connectivity index (χ2v) is 6.33. The number of amides is 1. The van der Waals surface area contributed by atoms with E-state index in [0.29, 0.717) is 16.8 Å². The van der Waals surface area contributed by atoms with E-state index in [1.165, 1.54) is 18.2 Å². The molecule has 0 unspecified atom stereocenters. The molecule has 0 saturated heterocycles. The zero-order valence-corrected chi connectivity index (χ0v) is 15.2.